The predicted octanol–water partition coefficient (Wildman–Crippen LogP) is 5.62. The topological polar surface area (TPSA) is 32.8 Å². The summed E-state index contributed by atoms with van der Waals surface area (Å²) in [6.45, 7) is 1.51. The molecule has 2 heterocycles. The highest BCUT2D eigenvalue weighted by molar-refractivity contribution is 5.68. The van der Waals surface area contributed by atoms with Crippen LogP contribution in [0.3, 0.4) is 0 Å². The Labute approximate surface area is 183 Å². The number of halogens is 9. The molecule has 0 radical (unpaired) electrons. The van der Waals surface area contributed by atoms with Crippen LogP contribution in [-0.2, 0) is 17.5 Å². The van der Waals surface area contributed by atoms with Crippen molar-refractivity contribution >= 4 is 6.09 Å². The van der Waals surface area contributed by atoms with E-state index in [0.717, 1.165) is 17.0 Å². The molecule has 186 valence electrons. The number of hydrogen-bond donors (Lipinski definition) is 0. The number of likely N-dealkylation sites (tertiary alicyclic amines) is 2. The maximum absolute atomic E-state index is 12.7. The number of amides is 1. The van der Waals surface area contributed by atoms with Crippen molar-refractivity contribution in [3.05, 3.63) is 35.4 Å². The molecule has 0 unspecified atom stereocenters. The van der Waals surface area contributed by atoms with Gasteiger partial charge in [0.2, 0.25) is 0 Å². The minimum absolute atomic E-state index is 0.0462. The highest BCUT2D eigenvalue weighted by Crippen LogP contribution is 2.42. The lowest BCUT2D eigenvalue weighted by Gasteiger charge is -2.39. The van der Waals surface area contributed by atoms with Crippen molar-refractivity contribution in [1.82, 2.24) is 9.80 Å². The van der Waals surface area contributed by atoms with Crippen LogP contribution in [0.15, 0.2) is 24.3 Å². The fourth-order valence-electron chi connectivity index (χ4n) is 4.29. The third-order valence-corrected chi connectivity index (χ3v) is 6.10. The van der Waals surface area contributed by atoms with Crippen LogP contribution in [0.2, 0.25) is 0 Å². The molecule has 33 heavy (non-hydrogen) atoms. The Kier molecular flexibility index (Phi) is 6.84. The lowest BCUT2D eigenvalue weighted by atomic mass is 9.78. The molecule has 2 aliphatic rings. The molecular weight excluding hydrogens is 471 g/mol. The molecular formula is C20H21F9N2O2. The monoisotopic (exact) mass is 492 g/mol. The van der Waals surface area contributed by atoms with Gasteiger partial charge in [0.05, 0.1) is 5.56 Å². The van der Waals surface area contributed by atoms with E-state index in [1.807, 2.05) is 4.90 Å². The molecule has 1 aromatic carbocycles. The van der Waals surface area contributed by atoms with E-state index >= 15 is 0 Å². The van der Waals surface area contributed by atoms with Crippen molar-refractivity contribution in [2.75, 3.05) is 26.2 Å². The summed E-state index contributed by atoms with van der Waals surface area (Å²) in [5.41, 5.74) is -0.330. The summed E-state index contributed by atoms with van der Waals surface area (Å²) in [5, 5.41) is 0. The van der Waals surface area contributed by atoms with Crippen LogP contribution in [0.1, 0.15) is 30.4 Å². The molecule has 1 aromatic rings. The molecule has 0 atom stereocenters. The van der Waals surface area contributed by atoms with Crippen LogP contribution >= 0.6 is 0 Å². The van der Waals surface area contributed by atoms with E-state index in [1.54, 1.807) is 0 Å². The highest BCUT2D eigenvalue weighted by atomic mass is 19.4. The van der Waals surface area contributed by atoms with Gasteiger partial charge in [0.25, 0.3) is 6.10 Å². The van der Waals surface area contributed by atoms with Crippen LogP contribution in [0.4, 0.5) is 44.3 Å². The van der Waals surface area contributed by atoms with Crippen molar-refractivity contribution < 1.29 is 49.0 Å². The standard InChI is InChI=1S/C20H21F9N2O2/c21-18(22,23)14-3-1-13(2-4-14)11-30-8-5-17(12-30)6-9-31(10-7-17)16(32)33-15(19(24,25)26)20(27,28)29/h1-4,15H,5-12H2. The third-order valence-electron chi connectivity index (χ3n) is 6.10. The molecule has 0 aromatic heterocycles. The first-order chi connectivity index (χ1) is 15.1. The maximum atomic E-state index is 12.7. The Bertz CT molecular complexity index is 812. The molecule has 0 bridgehead atoms. The van der Waals surface area contributed by atoms with Crippen molar-refractivity contribution in [2.24, 2.45) is 5.41 Å². The van der Waals surface area contributed by atoms with Gasteiger partial charge in [-0.2, -0.15) is 39.5 Å². The van der Waals surface area contributed by atoms with Gasteiger partial charge in [0.15, 0.2) is 0 Å². The largest absolute Gasteiger partial charge is 0.434 e. The Hall–Kier alpha value is -2.18. The van der Waals surface area contributed by atoms with Gasteiger partial charge in [-0.05, 0) is 48.9 Å². The molecule has 0 saturated carbocycles. The molecule has 1 amide bonds. The molecule has 4 nitrogen and oxygen atoms in total. The van der Waals surface area contributed by atoms with Gasteiger partial charge in [-0.25, -0.2) is 4.79 Å². The van der Waals surface area contributed by atoms with Crippen molar-refractivity contribution in [1.29, 1.82) is 0 Å². The Balaban J connectivity index is 1.53. The summed E-state index contributed by atoms with van der Waals surface area (Å²) < 4.78 is 117. The number of carbonyl (C=O) groups excluding carboxylic acids is 1. The lowest BCUT2D eigenvalue weighted by molar-refractivity contribution is -0.308. The van der Waals surface area contributed by atoms with E-state index in [0.29, 0.717) is 44.5 Å². The van der Waals surface area contributed by atoms with Gasteiger partial charge < -0.3 is 9.64 Å². The quantitative estimate of drug-likeness (QED) is 0.514. The minimum Gasteiger partial charge on any atom is -0.426 e. The zero-order valence-corrected chi connectivity index (χ0v) is 17.2. The van der Waals surface area contributed by atoms with Crippen LogP contribution in [0.5, 0.6) is 0 Å². The first kappa shape index (κ1) is 25.4. The normalized spacial score (nSPS) is 20.0. The number of piperidine rings is 1. The van der Waals surface area contributed by atoms with E-state index in [4.69, 9.17) is 0 Å². The number of rotatable bonds is 3. The zero-order valence-electron chi connectivity index (χ0n) is 17.2. The molecule has 0 N–H and O–H groups in total. The highest BCUT2D eigenvalue weighted by Gasteiger charge is 2.60. The number of hydrogen-bond acceptors (Lipinski definition) is 3. The average Bonchev–Trinajstić information content (AvgIpc) is 3.06. The van der Waals surface area contributed by atoms with E-state index < -0.39 is 36.3 Å². The Morgan fingerprint density at radius 3 is 1.88 bits per heavy atom. The zero-order chi connectivity index (χ0) is 24.7. The van der Waals surface area contributed by atoms with Gasteiger partial charge in [0, 0.05) is 26.2 Å². The van der Waals surface area contributed by atoms with Gasteiger partial charge in [0.1, 0.15) is 0 Å². The van der Waals surface area contributed by atoms with Crippen LogP contribution < -0.4 is 0 Å². The number of nitrogens with zero attached hydrogens (tertiary/aromatic N) is 2. The van der Waals surface area contributed by atoms with Crippen molar-refractivity contribution in [3.8, 4) is 0 Å². The van der Waals surface area contributed by atoms with Gasteiger partial charge >= 0.3 is 24.6 Å². The molecule has 2 saturated heterocycles. The molecule has 13 heteroatoms. The fraction of sp³-hybridized carbons (Fsp3) is 0.650. The SMILES string of the molecule is O=C(OC(C(F)(F)F)C(F)(F)F)N1CCC2(CCN(Cc3ccc(C(F)(F)F)cc3)C2)CC1. The molecule has 3 rings (SSSR count). The second-order valence-electron chi connectivity index (χ2n) is 8.49. The fourth-order valence-corrected chi connectivity index (χ4v) is 4.29. The second-order valence-corrected chi connectivity index (χ2v) is 8.49. The van der Waals surface area contributed by atoms with E-state index in [2.05, 4.69) is 4.74 Å². The first-order valence-electron chi connectivity index (χ1n) is 10.1. The van der Waals surface area contributed by atoms with E-state index in [9.17, 15) is 44.3 Å². The Morgan fingerprint density at radius 2 is 1.39 bits per heavy atom. The van der Waals surface area contributed by atoms with Gasteiger partial charge in [-0.15, -0.1) is 0 Å². The number of benzene rings is 1. The van der Waals surface area contributed by atoms with Gasteiger partial charge in [-0.1, -0.05) is 12.1 Å². The van der Waals surface area contributed by atoms with Crippen LogP contribution in [0, 0.1) is 5.41 Å². The molecule has 1 spiro atoms. The van der Waals surface area contributed by atoms with E-state index in [1.165, 1.54) is 12.1 Å². The summed E-state index contributed by atoms with van der Waals surface area (Å²) in [4.78, 5) is 14.8. The smallest absolute Gasteiger partial charge is 0.426 e. The summed E-state index contributed by atoms with van der Waals surface area (Å²) in [6, 6.07) is 4.79. The van der Waals surface area contributed by atoms with Crippen molar-refractivity contribution in [2.45, 2.75) is 50.4 Å². The number of ether oxygens (including phenoxy) is 1. The number of alkyl halides is 9. The Morgan fingerprint density at radius 1 is 0.879 bits per heavy atom. The predicted molar refractivity (Wildman–Crippen MR) is 97.0 cm³/mol. The summed E-state index contributed by atoms with van der Waals surface area (Å²) >= 11 is 0. The molecule has 0 aliphatic carbocycles. The lowest BCUT2D eigenvalue weighted by Crippen LogP contribution is -2.50. The average molecular weight is 492 g/mol. The van der Waals surface area contributed by atoms with Gasteiger partial charge in [-0.3, -0.25) is 4.90 Å². The number of carbonyl (C=O) groups is 1. The van der Waals surface area contributed by atoms with Crippen LogP contribution in [0.25, 0.3) is 0 Å². The molecule has 2 aliphatic heterocycles. The summed E-state index contributed by atoms with van der Waals surface area (Å²) in [6.07, 6.45) is -20.4. The summed E-state index contributed by atoms with van der Waals surface area (Å²) in [5.74, 6) is 0. The first-order valence-corrected chi connectivity index (χ1v) is 10.1. The van der Waals surface area contributed by atoms with E-state index in [-0.39, 0.29) is 18.5 Å². The van der Waals surface area contributed by atoms with Crippen LogP contribution in [-0.4, -0.2) is 60.5 Å². The third kappa shape index (κ3) is 6.24. The second kappa shape index (κ2) is 8.88. The maximum Gasteiger partial charge on any atom is 0.434 e. The minimum atomic E-state index is -5.77. The molecule has 2 fully saturated rings. The van der Waals surface area contributed by atoms with Crippen molar-refractivity contribution in [3.63, 3.8) is 0 Å². The summed E-state index contributed by atoms with van der Waals surface area (Å²) in [7, 11) is 0.